The smallest absolute Gasteiger partial charge is 0.112 e. The van der Waals surface area contributed by atoms with Gasteiger partial charge in [-0.2, -0.15) is 0 Å². The molecule has 2 N–H and O–H groups in total. The predicted molar refractivity (Wildman–Crippen MR) is 99.9 cm³/mol. The second-order valence-corrected chi connectivity index (χ2v) is 8.06. The minimum Gasteiger partial charge on any atom is -0.395 e. The molecule has 1 fully saturated rings. The lowest BCUT2D eigenvalue weighted by atomic mass is 10.0. The van der Waals surface area contributed by atoms with Crippen LogP contribution in [0.5, 0.6) is 0 Å². The summed E-state index contributed by atoms with van der Waals surface area (Å²) >= 11 is 0. The Hall–Kier alpha value is -1.57. The average molecular weight is 376 g/mol. The van der Waals surface area contributed by atoms with Gasteiger partial charge in [-0.15, -0.1) is 0 Å². The zero-order chi connectivity index (χ0) is 18.4. The van der Waals surface area contributed by atoms with Crippen LogP contribution in [-0.2, 0) is 33.5 Å². The van der Waals surface area contributed by atoms with Gasteiger partial charge in [-0.3, -0.25) is 4.21 Å². The fourth-order valence-corrected chi connectivity index (χ4v) is 4.57. The Kier molecular flexibility index (Phi) is 6.93. The lowest BCUT2D eigenvalue weighted by Gasteiger charge is -2.39. The summed E-state index contributed by atoms with van der Waals surface area (Å²) in [4.78, 5) is 0. The van der Waals surface area contributed by atoms with E-state index >= 15 is 0 Å². The maximum atomic E-state index is 12.3. The number of ether oxygens (including phenoxy) is 2. The first-order valence-electron chi connectivity index (χ1n) is 8.66. The van der Waals surface area contributed by atoms with Crippen LogP contribution in [0.4, 0.5) is 0 Å². The van der Waals surface area contributed by atoms with Gasteiger partial charge in [-0.05, 0) is 11.1 Å². The molecule has 6 heteroatoms. The van der Waals surface area contributed by atoms with E-state index in [1.165, 1.54) is 0 Å². The number of aliphatic hydroxyl groups excluding tert-OH is 2. The molecule has 26 heavy (non-hydrogen) atoms. The van der Waals surface area contributed by atoms with Crippen molar-refractivity contribution in [2.24, 2.45) is 0 Å². The molecule has 1 aliphatic rings. The molecule has 3 rings (SSSR count). The summed E-state index contributed by atoms with van der Waals surface area (Å²) in [6.07, 6.45) is -2.19. The lowest BCUT2D eigenvalue weighted by molar-refractivity contribution is -0.134. The van der Waals surface area contributed by atoms with Gasteiger partial charge in [0.1, 0.15) is 12.2 Å². The van der Waals surface area contributed by atoms with Crippen molar-refractivity contribution in [2.45, 2.75) is 36.8 Å². The molecule has 0 aromatic heterocycles. The van der Waals surface area contributed by atoms with Gasteiger partial charge in [-0.25, -0.2) is 0 Å². The molecule has 1 heterocycles. The molecular formula is C20H24O5S. The van der Waals surface area contributed by atoms with Gasteiger partial charge in [-0.1, -0.05) is 60.7 Å². The Balaban J connectivity index is 1.72. The van der Waals surface area contributed by atoms with Crippen LogP contribution in [0.1, 0.15) is 11.1 Å². The molecule has 0 unspecified atom stereocenters. The Morgan fingerprint density at radius 1 is 0.885 bits per heavy atom. The van der Waals surface area contributed by atoms with Crippen molar-refractivity contribution in [1.82, 2.24) is 0 Å². The molecule has 2 aromatic carbocycles. The van der Waals surface area contributed by atoms with Crippen LogP contribution in [0.25, 0.3) is 0 Å². The van der Waals surface area contributed by atoms with Crippen LogP contribution >= 0.6 is 0 Å². The normalized spacial score (nSPS) is 28.8. The van der Waals surface area contributed by atoms with Gasteiger partial charge < -0.3 is 19.7 Å². The highest BCUT2D eigenvalue weighted by atomic mass is 32.2. The highest BCUT2D eigenvalue weighted by molar-refractivity contribution is 7.85. The third kappa shape index (κ3) is 4.78. The molecule has 1 saturated heterocycles. The van der Waals surface area contributed by atoms with E-state index in [1.807, 2.05) is 60.7 Å². The third-order valence-corrected chi connectivity index (χ3v) is 6.26. The molecule has 2 aromatic rings. The molecule has 5 nitrogen and oxygen atoms in total. The van der Waals surface area contributed by atoms with Crippen molar-refractivity contribution in [3.63, 3.8) is 0 Å². The highest BCUT2D eigenvalue weighted by Crippen LogP contribution is 2.25. The highest BCUT2D eigenvalue weighted by Gasteiger charge is 2.44. The van der Waals surface area contributed by atoms with E-state index in [4.69, 9.17) is 9.47 Å². The number of rotatable bonds is 7. The van der Waals surface area contributed by atoms with Crippen LogP contribution in [0.3, 0.4) is 0 Å². The maximum absolute atomic E-state index is 12.3. The summed E-state index contributed by atoms with van der Waals surface area (Å²) in [6, 6.07) is 19.3. The first kappa shape index (κ1) is 19.2. The fourth-order valence-electron chi connectivity index (χ4n) is 3.10. The van der Waals surface area contributed by atoms with Crippen LogP contribution in [0.2, 0.25) is 0 Å². The van der Waals surface area contributed by atoms with E-state index in [-0.39, 0.29) is 12.4 Å². The predicted octanol–water partition coefficient (Wildman–Crippen LogP) is 1.64. The summed E-state index contributed by atoms with van der Waals surface area (Å²) in [7, 11) is -1.37. The topological polar surface area (TPSA) is 76.0 Å². The Morgan fingerprint density at radius 3 is 1.88 bits per heavy atom. The number of benzene rings is 2. The molecule has 0 bridgehead atoms. The second kappa shape index (κ2) is 9.39. The minimum atomic E-state index is -1.37. The molecule has 0 spiro atoms. The van der Waals surface area contributed by atoms with E-state index in [0.29, 0.717) is 13.2 Å². The molecule has 5 atom stereocenters. The molecule has 0 aliphatic carbocycles. The number of aliphatic hydroxyl groups is 2. The van der Waals surface area contributed by atoms with E-state index < -0.39 is 34.4 Å². The SMILES string of the molecule is O=[S@]1C[C@H](O)[C@@H](OCc2ccccc2)[C@H](OCc2ccccc2)[C@H]1CO. The summed E-state index contributed by atoms with van der Waals surface area (Å²) in [6.45, 7) is 0.347. The van der Waals surface area contributed by atoms with Gasteiger partial charge >= 0.3 is 0 Å². The molecule has 0 saturated carbocycles. The largest absolute Gasteiger partial charge is 0.395 e. The summed E-state index contributed by atoms with van der Waals surface area (Å²) in [5.74, 6) is 0.0792. The molecular weight excluding hydrogens is 352 g/mol. The van der Waals surface area contributed by atoms with Gasteiger partial charge in [0.05, 0.1) is 36.9 Å². The van der Waals surface area contributed by atoms with Crippen molar-refractivity contribution in [2.75, 3.05) is 12.4 Å². The van der Waals surface area contributed by atoms with Gasteiger partial charge in [0.2, 0.25) is 0 Å². The lowest BCUT2D eigenvalue weighted by Crippen LogP contribution is -2.57. The Morgan fingerprint density at radius 2 is 1.38 bits per heavy atom. The zero-order valence-electron chi connectivity index (χ0n) is 14.4. The molecule has 0 amide bonds. The standard InChI is InChI=1S/C20H24O5S/c21-11-18-20(25-13-16-9-5-2-6-10-16)19(17(22)14-26(18)23)24-12-15-7-3-1-4-8-15/h1-10,17-22H,11-14H2/t17-,18+,19+,20+,26-/m0/s1. The van der Waals surface area contributed by atoms with Crippen LogP contribution in [0.15, 0.2) is 60.7 Å². The zero-order valence-corrected chi connectivity index (χ0v) is 15.3. The van der Waals surface area contributed by atoms with Crippen molar-refractivity contribution in [3.05, 3.63) is 71.8 Å². The van der Waals surface area contributed by atoms with E-state index in [9.17, 15) is 14.4 Å². The first-order valence-corrected chi connectivity index (χ1v) is 10.0. The van der Waals surface area contributed by atoms with Crippen LogP contribution in [0, 0.1) is 0 Å². The van der Waals surface area contributed by atoms with E-state index in [1.54, 1.807) is 0 Å². The molecule has 1 aliphatic heterocycles. The van der Waals surface area contributed by atoms with Crippen molar-refractivity contribution >= 4 is 10.8 Å². The summed E-state index contributed by atoms with van der Waals surface area (Å²) in [5, 5.41) is 19.5. The van der Waals surface area contributed by atoms with Crippen molar-refractivity contribution < 1.29 is 23.9 Å². The van der Waals surface area contributed by atoms with Crippen molar-refractivity contribution in [3.8, 4) is 0 Å². The van der Waals surface area contributed by atoms with Crippen LogP contribution < -0.4 is 0 Å². The number of hydrogen-bond donors (Lipinski definition) is 2. The maximum Gasteiger partial charge on any atom is 0.112 e. The monoisotopic (exact) mass is 376 g/mol. The van der Waals surface area contributed by atoms with Gasteiger partial charge in [0.15, 0.2) is 0 Å². The quantitative estimate of drug-likeness (QED) is 0.768. The second-order valence-electron chi connectivity index (χ2n) is 6.36. The third-order valence-electron chi connectivity index (χ3n) is 4.49. The van der Waals surface area contributed by atoms with Gasteiger partial charge in [0.25, 0.3) is 0 Å². The first-order chi connectivity index (χ1) is 12.7. The number of hydrogen-bond acceptors (Lipinski definition) is 5. The van der Waals surface area contributed by atoms with E-state index in [0.717, 1.165) is 11.1 Å². The Bertz CT molecular complexity index is 694. The summed E-state index contributed by atoms with van der Waals surface area (Å²) in [5.41, 5.74) is 1.95. The van der Waals surface area contributed by atoms with E-state index in [2.05, 4.69) is 0 Å². The molecule has 0 radical (unpaired) electrons. The molecule has 140 valence electrons. The van der Waals surface area contributed by atoms with Crippen molar-refractivity contribution in [1.29, 1.82) is 0 Å². The fraction of sp³-hybridized carbons (Fsp3) is 0.400. The minimum absolute atomic E-state index is 0.0792. The Labute approximate surface area is 156 Å². The average Bonchev–Trinajstić information content (AvgIpc) is 2.67. The summed E-state index contributed by atoms with van der Waals surface area (Å²) < 4.78 is 24.3. The van der Waals surface area contributed by atoms with Gasteiger partial charge in [0, 0.05) is 10.8 Å². The van der Waals surface area contributed by atoms with Crippen LogP contribution in [-0.4, -0.2) is 50.3 Å².